The Balaban J connectivity index is 1.11. The van der Waals surface area contributed by atoms with Crippen molar-refractivity contribution < 1.29 is 33.2 Å². The van der Waals surface area contributed by atoms with Gasteiger partial charge in [0.25, 0.3) is 0 Å². The third-order valence-electron chi connectivity index (χ3n) is 7.35. The van der Waals surface area contributed by atoms with Crippen molar-refractivity contribution in [3.05, 3.63) is 83.9 Å². The van der Waals surface area contributed by atoms with Crippen LogP contribution in [0.2, 0.25) is 0 Å². The van der Waals surface area contributed by atoms with Crippen molar-refractivity contribution in [3.8, 4) is 50.8 Å². The Morgan fingerprint density at radius 2 is 1.20 bits per heavy atom. The van der Waals surface area contributed by atoms with Crippen molar-refractivity contribution in [1.82, 2.24) is 4.98 Å². The molecular formula is C37H39NO7S. The predicted molar refractivity (Wildman–Crippen MR) is 184 cm³/mol. The van der Waals surface area contributed by atoms with E-state index in [-0.39, 0.29) is 0 Å². The van der Waals surface area contributed by atoms with E-state index in [1.807, 2.05) is 78.9 Å². The third kappa shape index (κ3) is 7.84. The number of ether oxygens (including phenoxy) is 7. The molecular weight excluding hydrogens is 602 g/mol. The summed E-state index contributed by atoms with van der Waals surface area (Å²) in [6, 6.07) is 23.8. The molecule has 1 heterocycles. The van der Waals surface area contributed by atoms with Crippen molar-refractivity contribution in [2.24, 2.45) is 0 Å². The van der Waals surface area contributed by atoms with Gasteiger partial charge in [0.05, 0.1) is 59.0 Å². The molecule has 0 unspecified atom stereocenters. The van der Waals surface area contributed by atoms with Crippen molar-refractivity contribution in [1.29, 1.82) is 0 Å². The molecule has 0 amide bonds. The number of hydrogen-bond acceptors (Lipinski definition) is 9. The number of hydrogen-bond donors (Lipinski definition) is 0. The van der Waals surface area contributed by atoms with Crippen LogP contribution in [0.5, 0.6) is 40.2 Å². The maximum atomic E-state index is 6.12. The average molecular weight is 642 g/mol. The Bertz CT molecular complexity index is 1720. The lowest BCUT2D eigenvalue weighted by Gasteiger charge is -2.13. The largest absolute Gasteiger partial charge is 0.493 e. The summed E-state index contributed by atoms with van der Waals surface area (Å²) in [5.41, 5.74) is 3.90. The SMILES string of the molecule is COc1cc(-c2nc3ccccc3s2)ccc1OCCCCCOc1cc(C=Cc2cc(OC)c(OC)c(OC)c2)ccc1OC. The van der Waals surface area contributed by atoms with E-state index >= 15 is 0 Å². The van der Waals surface area contributed by atoms with Gasteiger partial charge >= 0.3 is 0 Å². The first-order chi connectivity index (χ1) is 22.6. The Hall–Kier alpha value is -4.89. The molecule has 9 heteroatoms. The Kier molecular flexibility index (Phi) is 11.2. The number of benzene rings is 4. The molecule has 0 spiro atoms. The molecule has 5 rings (SSSR count). The predicted octanol–water partition coefficient (Wildman–Crippen LogP) is 8.80. The highest BCUT2D eigenvalue weighted by Gasteiger charge is 2.13. The number of unbranched alkanes of at least 4 members (excludes halogenated alkanes) is 2. The Labute approximate surface area is 274 Å². The Morgan fingerprint density at radius 1 is 0.565 bits per heavy atom. The zero-order valence-corrected chi connectivity index (χ0v) is 27.6. The lowest BCUT2D eigenvalue weighted by atomic mass is 10.1. The Morgan fingerprint density at radius 3 is 1.87 bits per heavy atom. The highest BCUT2D eigenvalue weighted by Crippen LogP contribution is 2.39. The minimum Gasteiger partial charge on any atom is -0.493 e. The fourth-order valence-electron chi connectivity index (χ4n) is 4.96. The summed E-state index contributed by atoms with van der Waals surface area (Å²) in [5.74, 6) is 4.57. The van der Waals surface area contributed by atoms with Crippen molar-refractivity contribution in [2.75, 3.05) is 48.8 Å². The number of methoxy groups -OCH3 is 5. The molecule has 0 saturated heterocycles. The van der Waals surface area contributed by atoms with Crippen LogP contribution in [-0.2, 0) is 0 Å². The summed E-state index contributed by atoms with van der Waals surface area (Å²) >= 11 is 1.67. The lowest BCUT2D eigenvalue weighted by molar-refractivity contribution is 0.264. The van der Waals surface area contributed by atoms with Crippen LogP contribution in [0, 0.1) is 0 Å². The van der Waals surface area contributed by atoms with Crippen LogP contribution in [0.3, 0.4) is 0 Å². The lowest BCUT2D eigenvalue weighted by Crippen LogP contribution is -2.03. The van der Waals surface area contributed by atoms with Crippen LogP contribution in [0.1, 0.15) is 30.4 Å². The fraction of sp³-hybridized carbons (Fsp3) is 0.270. The molecule has 1 aromatic heterocycles. The van der Waals surface area contributed by atoms with Gasteiger partial charge in [-0.1, -0.05) is 30.4 Å². The maximum Gasteiger partial charge on any atom is 0.203 e. The minimum atomic E-state index is 0.559. The average Bonchev–Trinajstić information content (AvgIpc) is 3.54. The summed E-state index contributed by atoms with van der Waals surface area (Å²) in [6.07, 6.45) is 6.71. The van der Waals surface area contributed by atoms with Gasteiger partial charge in [0, 0.05) is 5.56 Å². The van der Waals surface area contributed by atoms with Crippen LogP contribution in [-0.4, -0.2) is 53.7 Å². The molecule has 0 aliphatic rings. The summed E-state index contributed by atoms with van der Waals surface area (Å²) in [6.45, 7) is 1.15. The van der Waals surface area contributed by atoms with E-state index in [1.54, 1.807) is 46.9 Å². The second-order valence-corrected chi connectivity index (χ2v) is 11.3. The maximum absolute atomic E-state index is 6.12. The topological polar surface area (TPSA) is 77.5 Å². The second-order valence-electron chi connectivity index (χ2n) is 10.3. The summed E-state index contributed by atoms with van der Waals surface area (Å²) in [7, 11) is 8.10. The highest BCUT2D eigenvalue weighted by molar-refractivity contribution is 7.21. The minimum absolute atomic E-state index is 0.559. The van der Waals surface area contributed by atoms with Crippen molar-refractivity contribution in [2.45, 2.75) is 19.3 Å². The number of thiazole rings is 1. The van der Waals surface area contributed by atoms with Gasteiger partial charge in [0.2, 0.25) is 5.75 Å². The highest BCUT2D eigenvalue weighted by atomic mass is 32.1. The molecule has 46 heavy (non-hydrogen) atoms. The number of fused-ring (bicyclic) bond motifs is 1. The second kappa shape index (κ2) is 15.9. The van der Waals surface area contributed by atoms with E-state index in [0.29, 0.717) is 47.7 Å². The fourth-order valence-corrected chi connectivity index (χ4v) is 5.92. The first-order valence-corrected chi connectivity index (χ1v) is 15.8. The summed E-state index contributed by atoms with van der Waals surface area (Å²) in [5, 5.41) is 0.961. The molecule has 0 atom stereocenters. The van der Waals surface area contributed by atoms with Crippen LogP contribution < -0.4 is 33.2 Å². The molecule has 0 aliphatic carbocycles. The third-order valence-corrected chi connectivity index (χ3v) is 8.44. The zero-order valence-electron chi connectivity index (χ0n) is 26.8. The van der Waals surface area contributed by atoms with Crippen LogP contribution in [0.15, 0.2) is 72.8 Å². The van der Waals surface area contributed by atoms with E-state index in [0.717, 1.165) is 56.9 Å². The summed E-state index contributed by atoms with van der Waals surface area (Å²) < 4.78 is 40.9. The standard InChI is InChI=1S/C37H39NO7S/c1-39-29-17-15-25(13-14-26-22-33(41-3)36(43-5)34(23-26)42-4)21-32(29)45-20-10-6-9-19-44-30-18-16-27(24-31(30)40-2)37-38-28-11-7-8-12-35(28)46-37/h7-8,11-18,21-24H,6,9-10,19-20H2,1-5H3. The molecule has 0 saturated carbocycles. The smallest absolute Gasteiger partial charge is 0.203 e. The molecule has 0 N–H and O–H groups in total. The number of nitrogens with zero attached hydrogens (tertiary/aromatic N) is 1. The van der Waals surface area contributed by atoms with Gasteiger partial charge in [-0.05, 0) is 85.0 Å². The van der Waals surface area contributed by atoms with Crippen LogP contribution >= 0.6 is 11.3 Å². The van der Waals surface area contributed by atoms with E-state index < -0.39 is 0 Å². The number of rotatable bonds is 16. The number of aromatic nitrogens is 1. The molecule has 240 valence electrons. The van der Waals surface area contributed by atoms with Gasteiger partial charge in [-0.15, -0.1) is 11.3 Å². The van der Waals surface area contributed by atoms with E-state index in [4.69, 9.17) is 38.1 Å². The zero-order chi connectivity index (χ0) is 32.3. The molecule has 0 fully saturated rings. The summed E-state index contributed by atoms with van der Waals surface area (Å²) in [4.78, 5) is 4.76. The van der Waals surface area contributed by atoms with Crippen molar-refractivity contribution >= 4 is 33.7 Å². The molecule has 0 aliphatic heterocycles. The van der Waals surface area contributed by atoms with E-state index in [9.17, 15) is 0 Å². The van der Waals surface area contributed by atoms with Gasteiger partial charge in [-0.2, -0.15) is 0 Å². The van der Waals surface area contributed by atoms with E-state index in [2.05, 4.69) is 6.07 Å². The van der Waals surface area contributed by atoms with Gasteiger partial charge in [-0.3, -0.25) is 0 Å². The molecule has 8 nitrogen and oxygen atoms in total. The van der Waals surface area contributed by atoms with Crippen LogP contribution in [0.25, 0.3) is 32.9 Å². The van der Waals surface area contributed by atoms with Gasteiger partial charge in [0.1, 0.15) is 5.01 Å². The number of para-hydroxylation sites is 1. The van der Waals surface area contributed by atoms with Crippen molar-refractivity contribution in [3.63, 3.8) is 0 Å². The quantitative estimate of drug-likeness (QED) is 0.0782. The molecule has 4 aromatic carbocycles. The molecule has 0 radical (unpaired) electrons. The van der Waals surface area contributed by atoms with Gasteiger partial charge in [-0.25, -0.2) is 4.98 Å². The first kappa shape index (κ1) is 32.5. The molecule has 5 aromatic rings. The normalized spacial score (nSPS) is 11.1. The van der Waals surface area contributed by atoms with Gasteiger partial charge in [0.15, 0.2) is 34.5 Å². The van der Waals surface area contributed by atoms with Gasteiger partial charge < -0.3 is 33.2 Å². The van der Waals surface area contributed by atoms with Crippen LogP contribution in [0.4, 0.5) is 0 Å². The monoisotopic (exact) mass is 641 g/mol. The first-order valence-electron chi connectivity index (χ1n) is 15.0. The van der Waals surface area contributed by atoms with E-state index in [1.165, 1.54) is 0 Å². The molecule has 0 bridgehead atoms.